The minimum Gasteiger partial charge on any atom is -0.236 e. The minimum absolute atomic E-state index is 0.716. The summed E-state index contributed by atoms with van der Waals surface area (Å²) in [6.07, 6.45) is 1.37. The molecule has 4 aliphatic heterocycles. The van der Waals surface area contributed by atoms with Crippen molar-refractivity contribution in [3.63, 3.8) is 0 Å². The van der Waals surface area contributed by atoms with Crippen LogP contribution in [0.1, 0.15) is 6.42 Å². The first kappa shape index (κ1) is 5.49. The Hall–Kier alpha value is -0.160. The van der Waals surface area contributed by atoms with Crippen molar-refractivity contribution in [1.82, 2.24) is 21.1 Å². The predicted molar refractivity (Wildman–Crippen MR) is 36.4 cm³/mol. The van der Waals surface area contributed by atoms with E-state index in [1.54, 1.807) is 0 Å². The van der Waals surface area contributed by atoms with Crippen molar-refractivity contribution in [3.05, 3.63) is 0 Å². The third kappa shape index (κ3) is 0.645. The molecule has 4 bridgehead atoms. The molecule has 0 saturated carbocycles. The van der Waals surface area contributed by atoms with Crippen molar-refractivity contribution in [2.75, 3.05) is 19.6 Å². The van der Waals surface area contributed by atoms with Crippen LogP contribution in [0.4, 0.5) is 0 Å². The fourth-order valence-electron chi connectivity index (χ4n) is 2.28. The molecule has 4 rings (SSSR count). The van der Waals surface area contributed by atoms with Gasteiger partial charge in [0.25, 0.3) is 0 Å². The lowest BCUT2D eigenvalue weighted by molar-refractivity contribution is -0.164. The first-order valence-electron chi connectivity index (χ1n) is 3.95. The molecule has 0 amide bonds. The first-order chi connectivity index (χ1) is 4.90. The van der Waals surface area contributed by atoms with Crippen LogP contribution in [0, 0.1) is 5.92 Å². The van der Waals surface area contributed by atoms with Crippen LogP contribution in [-0.2, 0) is 0 Å². The molecule has 0 aromatic rings. The van der Waals surface area contributed by atoms with E-state index in [0.29, 0.717) is 6.04 Å². The smallest absolute Gasteiger partial charge is 0.0374 e. The average Bonchev–Trinajstić information content (AvgIpc) is 1.82. The highest BCUT2D eigenvalue weighted by molar-refractivity contribution is 4.89. The van der Waals surface area contributed by atoms with E-state index in [2.05, 4.69) is 21.1 Å². The molecule has 56 valence electrons. The molecule has 0 spiro atoms. The number of hydrogen-bond acceptors (Lipinski definition) is 4. The summed E-state index contributed by atoms with van der Waals surface area (Å²) < 4.78 is 0. The maximum absolute atomic E-state index is 3.39. The summed E-state index contributed by atoms with van der Waals surface area (Å²) in [7, 11) is 0. The molecule has 0 aromatic carbocycles. The maximum Gasteiger partial charge on any atom is 0.0374 e. The lowest BCUT2D eigenvalue weighted by Gasteiger charge is -2.53. The van der Waals surface area contributed by atoms with E-state index in [4.69, 9.17) is 0 Å². The van der Waals surface area contributed by atoms with Crippen molar-refractivity contribution in [3.8, 4) is 0 Å². The molecular formula is C6H12N4. The molecule has 10 heavy (non-hydrogen) atoms. The van der Waals surface area contributed by atoms with Gasteiger partial charge in [0.1, 0.15) is 0 Å². The van der Waals surface area contributed by atoms with Crippen LogP contribution in [0.25, 0.3) is 0 Å². The van der Waals surface area contributed by atoms with Gasteiger partial charge >= 0.3 is 0 Å². The maximum atomic E-state index is 3.39. The number of nitrogens with zero attached hydrogens (tertiary/aromatic N) is 2. The van der Waals surface area contributed by atoms with E-state index >= 15 is 0 Å². The Labute approximate surface area is 60.1 Å². The van der Waals surface area contributed by atoms with Gasteiger partial charge in [0.2, 0.25) is 0 Å². The van der Waals surface area contributed by atoms with Crippen LogP contribution in [0.3, 0.4) is 0 Å². The Kier molecular flexibility index (Phi) is 0.936. The quantitative estimate of drug-likeness (QED) is 0.448. The topological polar surface area (TPSA) is 30.5 Å². The zero-order chi connectivity index (χ0) is 6.55. The molecule has 4 fully saturated rings. The monoisotopic (exact) mass is 140 g/mol. The second-order valence-corrected chi connectivity index (χ2v) is 3.54. The van der Waals surface area contributed by atoms with Crippen LogP contribution in [0.2, 0.25) is 0 Å². The van der Waals surface area contributed by atoms with E-state index in [1.165, 1.54) is 26.1 Å². The summed E-state index contributed by atoms with van der Waals surface area (Å²) in [5.41, 5.74) is 6.66. The van der Waals surface area contributed by atoms with Gasteiger partial charge in [-0.2, -0.15) is 10.7 Å². The van der Waals surface area contributed by atoms with Gasteiger partial charge in [0.15, 0.2) is 0 Å². The van der Waals surface area contributed by atoms with Crippen LogP contribution >= 0.6 is 0 Å². The Bertz CT molecular complexity index is 101. The average molecular weight is 140 g/mol. The lowest BCUT2D eigenvalue weighted by atomic mass is 9.93. The third-order valence-electron chi connectivity index (χ3n) is 2.58. The van der Waals surface area contributed by atoms with E-state index in [1.807, 2.05) is 0 Å². The molecule has 2 N–H and O–H groups in total. The number of nitrogens with one attached hydrogen (secondary N) is 2. The van der Waals surface area contributed by atoms with Crippen molar-refractivity contribution in [2.45, 2.75) is 12.5 Å². The van der Waals surface area contributed by atoms with E-state index in [0.717, 1.165) is 5.92 Å². The highest BCUT2D eigenvalue weighted by Gasteiger charge is 2.39. The molecule has 0 aliphatic carbocycles. The fraction of sp³-hybridized carbons (Fsp3) is 1.00. The SMILES string of the molecule is C1C2CN3CC1NN(C2)N3. The second kappa shape index (κ2) is 1.71. The Balaban J connectivity index is 1.90. The van der Waals surface area contributed by atoms with Crippen molar-refractivity contribution in [2.24, 2.45) is 5.92 Å². The fourth-order valence-corrected chi connectivity index (χ4v) is 2.28. The van der Waals surface area contributed by atoms with Crippen molar-refractivity contribution >= 4 is 0 Å². The second-order valence-electron chi connectivity index (χ2n) is 3.54. The molecule has 0 radical (unpaired) electrons. The van der Waals surface area contributed by atoms with Gasteiger partial charge in [-0.1, -0.05) is 0 Å². The largest absolute Gasteiger partial charge is 0.236 e. The predicted octanol–water partition coefficient (Wildman–Crippen LogP) is -1.07. The standard InChI is InChI=1S/C6H12N4/c1-5-2-9-4-6(1)7-10(3-5)8-9/h5-8H,1-4H2. The zero-order valence-electron chi connectivity index (χ0n) is 5.88. The summed E-state index contributed by atoms with van der Waals surface area (Å²) in [5, 5.41) is 4.42. The summed E-state index contributed by atoms with van der Waals surface area (Å²) in [6.45, 7) is 3.59. The summed E-state index contributed by atoms with van der Waals surface area (Å²) in [6, 6.07) is 0.716. The Morgan fingerprint density at radius 3 is 2.90 bits per heavy atom. The molecule has 4 nitrogen and oxygen atoms in total. The molecule has 4 unspecified atom stereocenters. The molecule has 4 heterocycles. The molecule has 4 heteroatoms. The van der Waals surface area contributed by atoms with Gasteiger partial charge in [0, 0.05) is 25.7 Å². The minimum atomic E-state index is 0.716. The molecule has 4 atom stereocenters. The number of piperidine rings is 1. The van der Waals surface area contributed by atoms with Gasteiger partial charge in [-0.15, -0.1) is 0 Å². The number of hydrazine groups is 3. The number of rotatable bonds is 0. The number of hydrogen-bond donors (Lipinski definition) is 2. The van der Waals surface area contributed by atoms with Crippen LogP contribution in [0.15, 0.2) is 0 Å². The Morgan fingerprint density at radius 2 is 2.20 bits per heavy atom. The van der Waals surface area contributed by atoms with Crippen molar-refractivity contribution in [1.29, 1.82) is 0 Å². The summed E-state index contributed by atoms with van der Waals surface area (Å²) >= 11 is 0. The van der Waals surface area contributed by atoms with Crippen LogP contribution < -0.4 is 11.0 Å². The van der Waals surface area contributed by atoms with Gasteiger partial charge in [-0.3, -0.25) is 0 Å². The van der Waals surface area contributed by atoms with E-state index in [-0.39, 0.29) is 0 Å². The van der Waals surface area contributed by atoms with Gasteiger partial charge < -0.3 is 0 Å². The van der Waals surface area contributed by atoms with Gasteiger partial charge in [-0.05, 0) is 12.3 Å². The molecule has 4 aliphatic rings. The highest BCUT2D eigenvalue weighted by atomic mass is 15.9. The van der Waals surface area contributed by atoms with E-state index in [9.17, 15) is 0 Å². The summed E-state index contributed by atoms with van der Waals surface area (Å²) in [5.74, 6) is 0.904. The molecule has 4 saturated heterocycles. The van der Waals surface area contributed by atoms with Gasteiger partial charge in [0.05, 0.1) is 0 Å². The zero-order valence-corrected chi connectivity index (χ0v) is 5.88. The van der Waals surface area contributed by atoms with E-state index < -0.39 is 0 Å². The molecular weight excluding hydrogens is 128 g/mol. The molecule has 0 aromatic heterocycles. The van der Waals surface area contributed by atoms with Gasteiger partial charge in [-0.25, -0.2) is 10.4 Å². The third-order valence-corrected chi connectivity index (χ3v) is 2.58. The van der Waals surface area contributed by atoms with Crippen molar-refractivity contribution < 1.29 is 0 Å². The summed E-state index contributed by atoms with van der Waals surface area (Å²) in [4.78, 5) is 0. The lowest BCUT2D eigenvalue weighted by Crippen LogP contribution is -2.76. The van der Waals surface area contributed by atoms with Crippen LogP contribution in [-0.4, -0.2) is 35.8 Å². The first-order valence-corrected chi connectivity index (χ1v) is 3.95. The van der Waals surface area contributed by atoms with Crippen LogP contribution in [0.5, 0.6) is 0 Å². The highest BCUT2D eigenvalue weighted by Crippen LogP contribution is 2.24. The Morgan fingerprint density at radius 1 is 1.20 bits per heavy atom. The normalized spacial score (nSPS) is 57.6.